The van der Waals surface area contributed by atoms with Gasteiger partial charge in [0.1, 0.15) is 11.7 Å². The number of methoxy groups -OCH3 is 1. The smallest absolute Gasteiger partial charge is 0.341 e. The Hall–Kier alpha value is -1.49. The van der Waals surface area contributed by atoms with E-state index in [4.69, 9.17) is 11.6 Å². The van der Waals surface area contributed by atoms with Crippen LogP contribution in [0.3, 0.4) is 0 Å². The first kappa shape index (κ1) is 10.6. The number of halogens is 1. The Balaban J connectivity index is 3.00. The lowest BCUT2D eigenvalue weighted by Crippen LogP contribution is -2.04. The molecule has 0 fully saturated rings. The Labute approximate surface area is 85.0 Å². The minimum Gasteiger partial charge on any atom is -0.465 e. The maximum absolute atomic E-state index is 11.1. The standard InChI is InChI=1S/C8H7ClN2O3/c1-14-8(12)6-3-2-5(4-10-13)11-7(6)9/h2-3H,4H2,1H3. The van der Waals surface area contributed by atoms with Gasteiger partial charge in [-0.3, -0.25) is 0 Å². The second-order valence-corrected chi connectivity index (χ2v) is 2.78. The number of carbonyl (C=O) groups excluding carboxylic acids is 1. The molecule has 74 valence electrons. The molecule has 0 aromatic carbocycles. The number of carbonyl (C=O) groups is 1. The van der Waals surface area contributed by atoms with Gasteiger partial charge in [-0.15, -0.1) is 0 Å². The fourth-order valence-corrected chi connectivity index (χ4v) is 1.14. The third-order valence-corrected chi connectivity index (χ3v) is 1.83. The van der Waals surface area contributed by atoms with Gasteiger partial charge in [0.15, 0.2) is 0 Å². The molecule has 0 unspecified atom stereocenters. The molecule has 6 heteroatoms. The van der Waals surface area contributed by atoms with Crippen LogP contribution in [0.1, 0.15) is 16.1 Å². The molecule has 0 atom stereocenters. The zero-order chi connectivity index (χ0) is 10.6. The Bertz CT molecular complexity index is 368. The summed E-state index contributed by atoms with van der Waals surface area (Å²) in [5, 5.41) is 2.67. The maximum Gasteiger partial charge on any atom is 0.341 e. The molecule has 1 heterocycles. The number of ether oxygens (including phenoxy) is 1. The highest BCUT2D eigenvalue weighted by Gasteiger charge is 2.11. The Morgan fingerprint density at radius 2 is 2.36 bits per heavy atom. The monoisotopic (exact) mass is 214 g/mol. The molecule has 1 aromatic rings. The minimum atomic E-state index is -0.562. The van der Waals surface area contributed by atoms with Crippen LogP contribution >= 0.6 is 11.6 Å². The van der Waals surface area contributed by atoms with Crippen molar-refractivity contribution >= 4 is 17.6 Å². The lowest BCUT2D eigenvalue weighted by atomic mass is 10.2. The lowest BCUT2D eigenvalue weighted by Gasteiger charge is -2.01. The van der Waals surface area contributed by atoms with Crippen molar-refractivity contribution < 1.29 is 9.53 Å². The molecule has 0 aliphatic carbocycles. The van der Waals surface area contributed by atoms with E-state index in [1.807, 2.05) is 0 Å². The molecule has 1 aromatic heterocycles. The second-order valence-electron chi connectivity index (χ2n) is 2.42. The normalized spacial score (nSPS) is 9.57. The van der Waals surface area contributed by atoms with E-state index in [-0.39, 0.29) is 17.3 Å². The fourth-order valence-electron chi connectivity index (χ4n) is 0.888. The average Bonchev–Trinajstić information content (AvgIpc) is 2.17. The summed E-state index contributed by atoms with van der Waals surface area (Å²) in [6, 6.07) is 2.95. The molecule has 5 nitrogen and oxygen atoms in total. The Kier molecular flexibility index (Phi) is 3.53. The Morgan fingerprint density at radius 1 is 1.64 bits per heavy atom. The molecule has 0 aliphatic heterocycles. The van der Waals surface area contributed by atoms with E-state index in [1.54, 1.807) is 0 Å². The first-order valence-corrected chi connectivity index (χ1v) is 4.09. The molecule has 0 N–H and O–H groups in total. The van der Waals surface area contributed by atoms with E-state index >= 15 is 0 Å². The van der Waals surface area contributed by atoms with Crippen LogP contribution in [-0.4, -0.2) is 18.1 Å². The van der Waals surface area contributed by atoms with E-state index < -0.39 is 5.97 Å². The van der Waals surface area contributed by atoms with Gasteiger partial charge in [0, 0.05) is 0 Å². The summed E-state index contributed by atoms with van der Waals surface area (Å²) in [5.41, 5.74) is 0.585. The summed E-state index contributed by atoms with van der Waals surface area (Å²) in [6.45, 7) is -0.0683. The van der Waals surface area contributed by atoms with Crippen LogP contribution in [0.5, 0.6) is 0 Å². The van der Waals surface area contributed by atoms with Gasteiger partial charge in [0.25, 0.3) is 0 Å². The molecular formula is C8H7ClN2O3. The van der Waals surface area contributed by atoms with E-state index in [2.05, 4.69) is 14.9 Å². The van der Waals surface area contributed by atoms with Crippen LogP contribution in [0.15, 0.2) is 17.3 Å². The summed E-state index contributed by atoms with van der Waals surface area (Å²) >= 11 is 5.68. The topological polar surface area (TPSA) is 68.6 Å². The third kappa shape index (κ3) is 2.26. The SMILES string of the molecule is COC(=O)c1ccc(CN=O)nc1Cl. The zero-order valence-corrected chi connectivity index (χ0v) is 8.11. The molecule has 14 heavy (non-hydrogen) atoms. The van der Waals surface area contributed by atoms with Crippen molar-refractivity contribution in [2.45, 2.75) is 6.54 Å². The summed E-state index contributed by atoms with van der Waals surface area (Å²) in [4.78, 5) is 24.8. The maximum atomic E-state index is 11.1. The van der Waals surface area contributed by atoms with Crippen molar-refractivity contribution in [3.05, 3.63) is 33.5 Å². The van der Waals surface area contributed by atoms with Crippen LogP contribution in [0.25, 0.3) is 0 Å². The van der Waals surface area contributed by atoms with Gasteiger partial charge >= 0.3 is 5.97 Å². The van der Waals surface area contributed by atoms with E-state index in [1.165, 1.54) is 19.2 Å². The van der Waals surface area contributed by atoms with Crippen molar-refractivity contribution in [2.75, 3.05) is 7.11 Å². The summed E-state index contributed by atoms with van der Waals surface area (Å²) < 4.78 is 4.47. The predicted octanol–water partition coefficient (Wildman–Crippen LogP) is 1.79. The van der Waals surface area contributed by atoms with Gasteiger partial charge in [-0.2, -0.15) is 4.91 Å². The number of nitrogens with zero attached hydrogens (tertiary/aromatic N) is 2. The van der Waals surface area contributed by atoms with Crippen LogP contribution in [0.4, 0.5) is 0 Å². The zero-order valence-electron chi connectivity index (χ0n) is 7.36. The molecule has 0 radical (unpaired) electrons. The largest absolute Gasteiger partial charge is 0.465 e. The molecule has 0 bridgehead atoms. The van der Waals surface area contributed by atoms with Crippen LogP contribution in [0.2, 0.25) is 5.15 Å². The minimum absolute atomic E-state index is 0.0120. The number of aromatic nitrogens is 1. The number of pyridine rings is 1. The van der Waals surface area contributed by atoms with Crippen molar-refractivity contribution in [3.8, 4) is 0 Å². The molecule has 0 aliphatic rings. The number of hydrogen-bond donors (Lipinski definition) is 0. The Morgan fingerprint density at radius 3 is 2.86 bits per heavy atom. The van der Waals surface area contributed by atoms with Crippen LogP contribution in [-0.2, 0) is 11.3 Å². The molecule has 0 saturated heterocycles. The lowest BCUT2D eigenvalue weighted by molar-refractivity contribution is 0.0600. The van der Waals surface area contributed by atoms with Crippen molar-refractivity contribution in [2.24, 2.45) is 5.18 Å². The fraction of sp³-hybridized carbons (Fsp3) is 0.250. The quantitative estimate of drug-likeness (QED) is 0.437. The number of rotatable bonds is 3. The van der Waals surface area contributed by atoms with Gasteiger partial charge in [0.05, 0.1) is 18.4 Å². The van der Waals surface area contributed by atoms with E-state index in [0.717, 1.165) is 0 Å². The number of nitroso groups, excluding NO2 is 1. The highest BCUT2D eigenvalue weighted by molar-refractivity contribution is 6.32. The van der Waals surface area contributed by atoms with Crippen molar-refractivity contribution in [1.82, 2.24) is 4.98 Å². The van der Waals surface area contributed by atoms with Gasteiger partial charge in [-0.1, -0.05) is 16.8 Å². The summed E-state index contributed by atoms with van der Waals surface area (Å²) in [6.07, 6.45) is 0. The molecule has 0 spiro atoms. The van der Waals surface area contributed by atoms with Crippen LogP contribution < -0.4 is 0 Å². The second kappa shape index (κ2) is 4.66. The van der Waals surface area contributed by atoms with Crippen molar-refractivity contribution in [3.63, 3.8) is 0 Å². The first-order valence-electron chi connectivity index (χ1n) is 3.72. The van der Waals surface area contributed by atoms with Gasteiger partial charge in [0.2, 0.25) is 0 Å². The van der Waals surface area contributed by atoms with Crippen LogP contribution in [0, 0.1) is 4.91 Å². The molecule has 1 rings (SSSR count). The average molecular weight is 215 g/mol. The van der Waals surface area contributed by atoms with Gasteiger partial charge in [-0.25, -0.2) is 9.78 Å². The van der Waals surface area contributed by atoms with E-state index in [9.17, 15) is 9.70 Å². The van der Waals surface area contributed by atoms with Gasteiger partial charge in [-0.05, 0) is 12.1 Å². The highest BCUT2D eigenvalue weighted by atomic mass is 35.5. The number of hydrogen-bond acceptors (Lipinski definition) is 5. The molecule has 0 saturated carbocycles. The van der Waals surface area contributed by atoms with Gasteiger partial charge < -0.3 is 4.74 Å². The molecular weight excluding hydrogens is 208 g/mol. The third-order valence-electron chi connectivity index (χ3n) is 1.54. The van der Waals surface area contributed by atoms with Crippen molar-refractivity contribution in [1.29, 1.82) is 0 Å². The summed E-state index contributed by atoms with van der Waals surface area (Å²) in [7, 11) is 1.25. The summed E-state index contributed by atoms with van der Waals surface area (Å²) in [5.74, 6) is -0.562. The predicted molar refractivity (Wildman–Crippen MR) is 50.1 cm³/mol. The first-order chi connectivity index (χ1) is 6.69. The highest BCUT2D eigenvalue weighted by Crippen LogP contribution is 2.15. The number of esters is 1. The van der Waals surface area contributed by atoms with E-state index in [0.29, 0.717) is 5.69 Å². The molecule has 0 amide bonds.